The Kier molecular flexibility index (Phi) is 2.68. The molecular formula is C15H11NO3. The molecule has 0 spiro atoms. The molecule has 1 aliphatic rings. The number of hydrogen-bond acceptors (Lipinski definition) is 3. The monoisotopic (exact) mass is 253 g/mol. The minimum absolute atomic E-state index is 0.182. The Morgan fingerprint density at radius 1 is 1.05 bits per heavy atom. The molecule has 1 amide bonds. The van der Waals surface area contributed by atoms with Crippen LogP contribution in [0.2, 0.25) is 0 Å². The van der Waals surface area contributed by atoms with Crippen molar-refractivity contribution in [2.75, 3.05) is 5.32 Å². The molecule has 1 aliphatic heterocycles. The van der Waals surface area contributed by atoms with Gasteiger partial charge in [0.1, 0.15) is 5.75 Å². The van der Waals surface area contributed by atoms with Gasteiger partial charge in [-0.3, -0.25) is 4.79 Å². The van der Waals surface area contributed by atoms with Crippen LogP contribution in [0, 0.1) is 0 Å². The van der Waals surface area contributed by atoms with Gasteiger partial charge in [-0.1, -0.05) is 24.3 Å². The molecule has 4 nitrogen and oxygen atoms in total. The van der Waals surface area contributed by atoms with Crippen LogP contribution in [0.4, 0.5) is 5.69 Å². The number of carbonyl (C=O) groups excluding carboxylic acids is 1. The van der Waals surface area contributed by atoms with Gasteiger partial charge >= 0.3 is 0 Å². The van der Waals surface area contributed by atoms with Crippen molar-refractivity contribution in [3.8, 4) is 11.5 Å². The number of amides is 1. The van der Waals surface area contributed by atoms with Crippen LogP contribution in [0.25, 0.3) is 6.08 Å². The zero-order valence-electron chi connectivity index (χ0n) is 9.96. The van der Waals surface area contributed by atoms with Crippen LogP contribution in [-0.2, 0) is 4.79 Å². The maximum Gasteiger partial charge on any atom is 0.291 e. The molecule has 0 saturated carbocycles. The standard InChI is InChI=1S/C15H11NO3/c17-11-7-5-10(6-8-11)9-14-15(18)16-12-3-1-2-4-13(12)19-14/h1-9,17H,(H,16,18)/b14-9-. The molecule has 0 unspecified atom stereocenters. The lowest BCUT2D eigenvalue weighted by Gasteiger charge is -2.19. The Bertz CT molecular complexity index is 659. The van der Waals surface area contributed by atoms with E-state index in [2.05, 4.69) is 5.32 Å². The number of phenols is 1. The minimum Gasteiger partial charge on any atom is -0.508 e. The van der Waals surface area contributed by atoms with Crippen LogP contribution in [0.1, 0.15) is 5.56 Å². The second kappa shape index (κ2) is 4.49. The van der Waals surface area contributed by atoms with Crippen molar-refractivity contribution in [3.63, 3.8) is 0 Å². The summed E-state index contributed by atoms with van der Waals surface area (Å²) < 4.78 is 5.56. The zero-order chi connectivity index (χ0) is 13.2. The minimum atomic E-state index is -0.285. The first-order chi connectivity index (χ1) is 9.22. The molecule has 2 N–H and O–H groups in total. The number of anilines is 1. The van der Waals surface area contributed by atoms with Gasteiger partial charge in [0.25, 0.3) is 5.91 Å². The number of para-hydroxylation sites is 2. The fraction of sp³-hybridized carbons (Fsp3) is 0. The molecule has 0 aromatic heterocycles. The second-order valence-electron chi connectivity index (χ2n) is 4.15. The molecule has 0 radical (unpaired) electrons. The maximum absolute atomic E-state index is 11.9. The second-order valence-corrected chi connectivity index (χ2v) is 4.15. The van der Waals surface area contributed by atoms with E-state index < -0.39 is 0 Å². The highest BCUT2D eigenvalue weighted by molar-refractivity contribution is 6.08. The van der Waals surface area contributed by atoms with E-state index in [9.17, 15) is 9.90 Å². The summed E-state index contributed by atoms with van der Waals surface area (Å²) in [5.74, 6) is 0.741. The summed E-state index contributed by atoms with van der Waals surface area (Å²) in [6, 6.07) is 13.8. The summed E-state index contributed by atoms with van der Waals surface area (Å²) >= 11 is 0. The average Bonchev–Trinajstić information content (AvgIpc) is 2.42. The van der Waals surface area contributed by atoms with Crippen LogP contribution in [0.15, 0.2) is 54.3 Å². The van der Waals surface area contributed by atoms with Gasteiger partial charge in [-0.05, 0) is 35.9 Å². The molecule has 4 heteroatoms. The SMILES string of the molecule is O=C1Nc2ccccc2O/C1=C\c1ccc(O)cc1. The van der Waals surface area contributed by atoms with Gasteiger partial charge < -0.3 is 15.2 Å². The highest BCUT2D eigenvalue weighted by Crippen LogP contribution is 2.30. The highest BCUT2D eigenvalue weighted by atomic mass is 16.5. The van der Waals surface area contributed by atoms with E-state index in [1.165, 1.54) is 0 Å². The third-order valence-electron chi connectivity index (χ3n) is 2.77. The van der Waals surface area contributed by atoms with E-state index in [1.54, 1.807) is 42.5 Å². The van der Waals surface area contributed by atoms with Gasteiger partial charge in [0.2, 0.25) is 0 Å². The summed E-state index contributed by atoms with van der Waals surface area (Å²) in [4.78, 5) is 11.9. The number of phenolic OH excluding ortho intramolecular Hbond substituents is 1. The summed E-state index contributed by atoms with van der Waals surface area (Å²) in [7, 11) is 0. The third-order valence-corrected chi connectivity index (χ3v) is 2.77. The van der Waals surface area contributed by atoms with Gasteiger partial charge in [0.05, 0.1) is 5.69 Å². The molecule has 0 aliphatic carbocycles. The Morgan fingerprint density at radius 2 is 1.79 bits per heavy atom. The lowest BCUT2D eigenvalue weighted by molar-refractivity contribution is -0.115. The molecule has 0 fully saturated rings. The summed E-state index contributed by atoms with van der Waals surface area (Å²) in [6.45, 7) is 0. The number of hydrogen-bond donors (Lipinski definition) is 2. The average molecular weight is 253 g/mol. The lowest BCUT2D eigenvalue weighted by atomic mass is 10.1. The molecule has 3 rings (SSSR count). The number of fused-ring (bicyclic) bond motifs is 1. The zero-order valence-corrected chi connectivity index (χ0v) is 9.96. The fourth-order valence-corrected chi connectivity index (χ4v) is 1.82. The van der Waals surface area contributed by atoms with Crippen molar-refractivity contribution in [1.29, 1.82) is 0 Å². The molecule has 1 heterocycles. The van der Waals surface area contributed by atoms with E-state index in [1.807, 2.05) is 12.1 Å². The van der Waals surface area contributed by atoms with E-state index in [0.717, 1.165) is 5.56 Å². The third kappa shape index (κ3) is 2.28. The highest BCUT2D eigenvalue weighted by Gasteiger charge is 2.21. The Hall–Kier alpha value is -2.75. The number of carbonyl (C=O) groups is 1. The largest absolute Gasteiger partial charge is 0.508 e. The van der Waals surface area contributed by atoms with E-state index in [-0.39, 0.29) is 17.4 Å². The molecule has 2 aromatic rings. The quantitative estimate of drug-likeness (QED) is 0.768. The number of aromatic hydroxyl groups is 1. The van der Waals surface area contributed by atoms with Crippen LogP contribution in [0.3, 0.4) is 0 Å². The van der Waals surface area contributed by atoms with Crippen LogP contribution in [0.5, 0.6) is 11.5 Å². The molecule has 19 heavy (non-hydrogen) atoms. The van der Waals surface area contributed by atoms with Crippen molar-refractivity contribution in [2.24, 2.45) is 0 Å². The number of nitrogens with one attached hydrogen (secondary N) is 1. The molecule has 2 aromatic carbocycles. The smallest absolute Gasteiger partial charge is 0.291 e. The molecule has 0 saturated heterocycles. The van der Waals surface area contributed by atoms with Crippen molar-refractivity contribution in [2.45, 2.75) is 0 Å². The molecule has 94 valence electrons. The molecular weight excluding hydrogens is 242 g/mol. The number of benzene rings is 2. The van der Waals surface area contributed by atoms with Crippen molar-refractivity contribution in [3.05, 3.63) is 59.9 Å². The summed E-state index contributed by atoms with van der Waals surface area (Å²) in [5, 5.41) is 12.0. The van der Waals surface area contributed by atoms with Gasteiger partial charge in [0, 0.05) is 0 Å². The van der Waals surface area contributed by atoms with E-state index in [0.29, 0.717) is 11.4 Å². The van der Waals surface area contributed by atoms with Crippen molar-refractivity contribution >= 4 is 17.7 Å². The van der Waals surface area contributed by atoms with Gasteiger partial charge in [-0.2, -0.15) is 0 Å². The van der Waals surface area contributed by atoms with E-state index in [4.69, 9.17) is 4.74 Å². The predicted molar refractivity (Wildman–Crippen MR) is 71.8 cm³/mol. The molecule has 0 atom stereocenters. The Morgan fingerprint density at radius 3 is 2.58 bits per heavy atom. The number of ether oxygens (including phenoxy) is 1. The fourth-order valence-electron chi connectivity index (χ4n) is 1.82. The van der Waals surface area contributed by atoms with Crippen LogP contribution in [-0.4, -0.2) is 11.0 Å². The van der Waals surface area contributed by atoms with Crippen LogP contribution < -0.4 is 10.1 Å². The first-order valence-corrected chi connectivity index (χ1v) is 5.81. The normalized spacial score (nSPS) is 15.6. The van der Waals surface area contributed by atoms with Crippen molar-refractivity contribution in [1.82, 2.24) is 0 Å². The molecule has 0 bridgehead atoms. The first kappa shape index (κ1) is 11.3. The summed E-state index contributed by atoms with van der Waals surface area (Å²) in [6.07, 6.45) is 1.63. The van der Waals surface area contributed by atoms with E-state index >= 15 is 0 Å². The Labute approximate surface area is 110 Å². The summed E-state index contributed by atoms with van der Waals surface area (Å²) in [5.41, 5.74) is 1.44. The number of rotatable bonds is 1. The van der Waals surface area contributed by atoms with Crippen LogP contribution >= 0.6 is 0 Å². The predicted octanol–water partition coefficient (Wildman–Crippen LogP) is 2.76. The lowest BCUT2D eigenvalue weighted by Crippen LogP contribution is -2.23. The van der Waals surface area contributed by atoms with Gasteiger partial charge in [-0.25, -0.2) is 0 Å². The first-order valence-electron chi connectivity index (χ1n) is 5.81. The van der Waals surface area contributed by atoms with Gasteiger partial charge in [0.15, 0.2) is 11.5 Å². The van der Waals surface area contributed by atoms with Gasteiger partial charge in [-0.15, -0.1) is 0 Å². The maximum atomic E-state index is 11.9. The van der Waals surface area contributed by atoms with Crippen molar-refractivity contribution < 1.29 is 14.6 Å². The topological polar surface area (TPSA) is 58.6 Å². The Balaban J connectivity index is 1.94.